The van der Waals surface area contributed by atoms with Crippen LogP contribution in [-0.4, -0.2) is 64.6 Å². The van der Waals surface area contributed by atoms with Crippen LogP contribution in [0.2, 0.25) is 0 Å². The molecule has 2 aromatic carbocycles. The number of benzene rings is 2. The van der Waals surface area contributed by atoms with E-state index in [0.29, 0.717) is 64.7 Å². The summed E-state index contributed by atoms with van der Waals surface area (Å²) < 4.78 is 56.9. The van der Waals surface area contributed by atoms with Gasteiger partial charge >= 0.3 is 5.97 Å². The van der Waals surface area contributed by atoms with Gasteiger partial charge in [0.2, 0.25) is 0 Å². The quantitative estimate of drug-likeness (QED) is 0.210. The summed E-state index contributed by atoms with van der Waals surface area (Å²) in [7, 11) is 1.34. The Balaban J connectivity index is 1.63. The van der Waals surface area contributed by atoms with Gasteiger partial charge in [0.25, 0.3) is 0 Å². The Bertz CT molecular complexity index is 1940. The summed E-state index contributed by atoms with van der Waals surface area (Å²) in [6.07, 6.45) is 3.45. The van der Waals surface area contributed by atoms with Gasteiger partial charge in [0, 0.05) is 42.6 Å². The average molecular weight is 720 g/mol. The van der Waals surface area contributed by atoms with Gasteiger partial charge in [-0.3, -0.25) is 4.40 Å². The third-order valence-electron chi connectivity index (χ3n) is 10.2. The maximum atomic E-state index is 15.7. The van der Waals surface area contributed by atoms with E-state index in [-0.39, 0.29) is 23.0 Å². The van der Waals surface area contributed by atoms with Gasteiger partial charge in [-0.25, -0.2) is 18.6 Å². The molecule has 3 aliphatic rings. The van der Waals surface area contributed by atoms with Crippen LogP contribution in [0.15, 0.2) is 42.6 Å². The molecule has 0 amide bonds. The molecule has 1 fully saturated rings. The molecule has 52 heavy (non-hydrogen) atoms. The molecule has 11 heteroatoms. The van der Waals surface area contributed by atoms with E-state index in [4.69, 9.17) is 23.9 Å². The summed E-state index contributed by atoms with van der Waals surface area (Å²) in [5.74, 6) is -1.54. The molecule has 5 heterocycles. The molecule has 9 nitrogen and oxygen atoms in total. The molecule has 7 rings (SSSR count). The van der Waals surface area contributed by atoms with E-state index in [0.717, 1.165) is 38.2 Å². The summed E-state index contributed by atoms with van der Waals surface area (Å²) >= 11 is 0. The third kappa shape index (κ3) is 7.54. The number of imidazole rings is 1. The van der Waals surface area contributed by atoms with Crippen LogP contribution >= 0.6 is 0 Å². The molecule has 0 aliphatic carbocycles. The third-order valence-corrected chi connectivity index (χ3v) is 10.2. The minimum absolute atomic E-state index is 0.0373. The summed E-state index contributed by atoms with van der Waals surface area (Å²) in [5, 5.41) is 11.3. The van der Waals surface area contributed by atoms with Crippen molar-refractivity contribution in [3.8, 4) is 28.1 Å². The summed E-state index contributed by atoms with van der Waals surface area (Å²) in [5.41, 5.74) is 2.91. The number of anilines is 1. The van der Waals surface area contributed by atoms with Crippen LogP contribution in [0, 0.1) is 18.6 Å². The number of carbonyl (C=O) groups excluding carboxylic acids is 1. The number of piperidine rings is 1. The van der Waals surface area contributed by atoms with E-state index in [2.05, 4.69) is 11.8 Å². The maximum Gasteiger partial charge on any atom is 0.339 e. The molecular weight excluding hydrogens is 668 g/mol. The standard InChI is InChI=1S/C41H51F2N3O6/c1-24-12-9-10-21-50-41(7)17-19-45(20-18-41)38-33(36(39(48)49-8)52-40(4,5)6)25(2)32(26(3)47)37-44-30(23-46(37)38)27-13-11-14-28(22-27)34-31(51-24)16-15-29(42)35(34)43/h11,13-16,22-24,26,36,47H,9-10,12,17-21H2,1-8H3. The van der Waals surface area contributed by atoms with E-state index >= 15 is 4.39 Å². The number of esters is 1. The van der Waals surface area contributed by atoms with Crippen molar-refractivity contribution in [2.24, 2.45) is 0 Å². The van der Waals surface area contributed by atoms with Crippen molar-refractivity contribution >= 4 is 17.4 Å². The lowest BCUT2D eigenvalue weighted by Crippen LogP contribution is -2.45. The van der Waals surface area contributed by atoms with Gasteiger partial charge in [0.1, 0.15) is 17.2 Å². The number of nitrogens with zero attached hydrogens (tertiary/aromatic N) is 3. The minimum atomic E-state index is -1.11. The fraction of sp³-hybridized carbons (Fsp3) is 0.512. The van der Waals surface area contributed by atoms with Crippen LogP contribution in [0.4, 0.5) is 14.6 Å². The number of fused-ring (bicyclic) bond motifs is 8. The van der Waals surface area contributed by atoms with Crippen LogP contribution in [0.1, 0.15) is 103 Å². The van der Waals surface area contributed by atoms with Crippen molar-refractivity contribution in [3.05, 3.63) is 70.9 Å². The first kappa shape index (κ1) is 37.7. The molecule has 3 unspecified atom stereocenters. The second-order valence-electron chi connectivity index (χ2n) is 15.4. The first-order chi connectivity index (χ1) is 24.6. The summed E-state index contributed by atoms with van der Waals surface area (Å²) in [6.45, 7) is 15.1. The molecule has 1 saturated heterocycles. The number of hydrogen-bond acceptors (Lipinski definition) is 8. The lowest BCUT2D eigenvalue weighted by atomic mass is 9.91. The zero-order chi connectivity index (χ0) is 37.5. The largest absolute Gasteiger partial charge is 0.490 e. The van der Waals surface area contributed by atoms with Gasteiger partial charge in [0.05, 0.1) is 41.8 Å². The highest BCUT2D eigenvalue weighted by Crippen LogP contribution is 2.43. The highest BCUT2D eigenvalue weighted by atomic mass is 19.2. The Labute approximate surface area is 304 Å². The number of carbonyl (C=O) groups is 1. The number of methoxy groups -OCH3 is 1. The van der Waals surface area contributed by atoms with Crippen molar-refractivity contribution in [2.45, 2.75) is 110 Å². The van der Waals surface area contributed by atoms with Crippen LogP contribution in [-0.2, 0) is 19.0 Å². The molecule has 1 N–H and O–H groups in total. The predicted octanol–water partition coefficient (Wildman–Crippen LogP) is 8.66. The van der Waals surface area contributed by atoms with E-state index in [1.54, 1.807) is 25.1 Å². The number of rotatable bonds is 4. The number of aliphatic hydroxyl groups is 1. The van der Waals surface area contributed by atoms with Crippen molar-refractivity contribution in [1.29, 1.82) is 0 Å². The fourth-order valence-electron chi connectivity index (χ4n) is 7.50. The maximum absolute atomic E-state index is 15.7. The van der Waals surface area contributed by atoms with Crippen LogP contribution in [0.5, 0.6) is 5.75 Å². The Hall–Kier alpha value is -4.06. The Kier molecular flexibility index (Phi) is 10.7. The normalized spacial score (nSPS) is 21.1. The Morgan fingerprint density at radius 3 is 2.48 bits per heavy atom. The van der Waals surface area contributed by atoms with Crippen molar-refractivity contribution in [1.82, 2.24) is 9.38 Å². The van der Waals surface area contributed by atoms with Crippen LogP contribution in [0.25, 0.3) is 28.0 Å². The highest BCUT2D eigenvalue weighted by Gasteiger charge is 2.39. The molecule has 3 aliphatic heterocycles. The van der Waals surface area contributed by atoms with E-state index in [1.807, 2.05) is 51.3 Å². The van der Waals surface area contributed by atoms with E-state index < -0.39 is 35.4 Å². The SMILES string of the molecule is COC(=O)C(OC(C)(C)C)c1c(C)c(C(C)O)c2nc3cn2c1N1CCC(C)(CC1)OCCCCC(C)Oc1ccc(F)c(F)c1-c1cccc-3c1. The highest BCUT2D eigenvalue weighted by molar-refractivity contribution is 5.83. The van der Waals surface area contributed by atoms with Crippen molar-refractivity contribution in [2.75, 3.05) is 31.7 Å². The number of pyridine rings is 1. The average Bonchev–Trinajstić information content (AvgIpc) is 3.52. The van der Waals surface area contributed by atoms with Gasteiger partial charge in [-0.15, -0.1) is 0 Å². The topological polar surface area (TPSA) is 94.8 Å². The Morgan fingerprint density at radius 1 is 1.10 bits per heavy atom. The molecule has 6 bridgehead atoms. The molecule has 0 saturated carbocycles. The molecule has 4 aromatic rings. The first-order valence-corrected chi connectivity index (χ1v) is 18.2. The number of ether oxygens (including phenoxy) is 4. The summed E-state index contributed by atoms with van der Waals surface area (Å²) in [6, 6.07) is 9.70. The van der Waals surface area contributed by atoms with Crippen LogP contribution < -0.4 is 9.64 Å². The van der Waals surface area contributed by atoms with Crippen LogP contribution in [0.3, 0.4) is 0 Å². The molecule has 280 valence electrons. The van der Waals surface area contributed by atoms with Gasteiger partial charge in [0.15, 0.2) is 17.7 Å². The minimum Gasteiger partial charge on any atom is -0.490 e. The van der Waals surface area contributed by atoms with Crippen molar-refractivity contribution in [3.63, 3.8) is 0 Å². The van der Waals surface area contributed by atoms with Crippen molar-refractivity contribution < 1.29 is 37.6 Å². The van der Waals surface area contributed by atoms with E-state index in [9.17, 15) is 14.3 Å². The second-order valence-corrected chi connectivity index (χ2v) is 15.4. The predicted molar refractivity (Wildman–Crippen MR) is 197 cm³/mol. The van der Waals surface area contributed by atoms with Gasteiger partial charge in [-0.05, 0) is 110 Å². The summed E-state index contributed by atoms with van der Waals surface area (Å²) in [4.78, 5) is 21.0. The number of halogens is 2. The monoisotopic (exact) mass is 719 g/mol. The van der Waals surface area contributed by atoms with E-state index in [1.165, 1.54) is 13.2 Å². The molecule has 2 aromatic heterocycles. The number of aliphatic hydroxyl groups excluding tert-OH is 1. The lowest BCUT2D eigenvalue weighted by molar-refractivity contribution is -0.164. The fourth-order valence-corrected chi connectivity index (χ4v) is 7.50. The second kappa shape index (κ2) is 14.8. The molecule has 0 radical (unpaired) electrons. The zero-order valence-electron chi connectivity index (χ0n) is 31.5. The van der Waals surface area contributed by atoms with Gasteiger partial charge in [-0.1, -0.05) is 18.2 Å². The lowest BCUT2D eigenvalue weighted by Gasteiger charge is -2.42. The van der Waals surface area contributed by atoms with Gasteiger partial charge < -0.3 is 29.0 Å². The smallest absolute Gasteiger partial charge is 0.339 e. The number of aromatic nitrogens is 2. The molecular formula is C41H51F2N3O6. The first-order valence-electron chi connectivity index (χ1n) is 18.2. The number of hydrogen-bond donors (Lipinski definition) is 1. The zero-order valence-corrected chi connectivity index (χ0v) is 31.5. The Morgan fingerprint density at radius 2 is 1.81 bits per heavy atom. The molecule has 3 atom stereocenters. The van der Waals surface area contributed by atoms with Gasteiger partial charge in [-0.2, -0.15) is 0 Å². The molecule has 0 spiro atoms.